The van der Waals surface area contributed by atoms with Gasteiger partial charge in [0.25, 0.3) is 0 Å². The number of hydrogen-bond acceptors (Lipinski definition) is 8. The fraction of sp³-hybridized carbons (Fsp3) is 0.333. The van der Waals surface area contributed by atoms with E-state index in [0.29, 0.717) is 30.0 Å². The molecule has 1 unspecified atom stereocenters. The number of alkyl halides is 3. The lowest BCUT2D eigenvalue weighted by molar-refractivity contribution is -0.274. The first kappa shape index (κ1) is 24.9. The van der Waals surface area contributed by atoms with E-state index in [2.05, 4.69) is 30.5 Å². The largest absolute Gasteiger partial charge is 0.573 e. The van der Waals surface area contributed by atoms with E-state index < -0.39 is 12.3 Å². The molecule has 1 aromatic heterocycles. The van der Waals surface area contributed by atoms with Crippen molar-refractivity contribution in [3.8, 4) is 17.2 Å². The van der Waals surface area contributed by atoms with Gasteiger partial charge in [0, 0.05) is 24.6 Å². The molecule has 2 N–H and O–H groups in total. The van der Waals surface area contributed by atoms with E-state index in [1.54, 1.807) is 6.07 Å². The van der Waals surface area contributed by atoms with Crippen molar-refractivity contribution in [2.75, 3.05) is 16.8 Å². The van der Waals surface area contributed by atoms with Crippen LogP contribution in [-0.2, 0) is 9.59 Å². The van der Waals surface area contributed by atoms with Crippen LogP contribution in [0.1, 0.15) is 31.2 Å². The number of anilines is 2. The molecule has 0 bridgehead atoms. The fourth-order valence-electron chi connectivity index (χ4n) is 4.43. The fourth-order valence-corrected chi connectivity index (χ4v) is 4.73. The van der Waals surface area contributed by atoms with Gasteiger partial charge in [-0.05, 0) is 55.3 Å². The molecular formula is C24H21ClF3N5O4. The molecule has 0 radical (unpaired) electrons. The zero-order valence-electron chi connectivity index (χ0n) is 19.4. The Morgan fingerprint density at radius 1 is 1.16 bits per heavy atom. The molecule has 2 amide bonds. The number of halogens is 4. The van der Waals surface area contributed by atoms with Gasteiger partial charge in [-0.15, -0.1) is 18.3 Å². The van der Waals surface area contributed by atoms with Gasteiger partial charge in [-0.1, -0.05) is 22.8 Å². The van der Waals surface area contributed by atoms with Crippen LogP contribution in [0.4, 0.5) is 24.9 Å². The first-order valence-electron chi connectivity index (χ1n) is 11.4. The number of carbonyl (C=O) groups excluding carboxylic acids is 2. The van der Waals surface area contributed by atoms with E-state index in [1.165, 1.54) is 24.3 Å². The van der Waals surface area contributed by atoms with E-state index in [0.717, 1.165) is 11.3 Å². The Morgan fingerprint density at radius 2 is 1.92 bits per heavy atom. The number of benzene rings is 2. The average Bonchev–Trinajstić information content (AvgIpc) is 3.30. The SMILES string of the molecule is C[C@@H]1[C@@H](Nc2nnc(-c3ccc(OC(F)(F)F)cc3)o2)CN1c1ccc(C2CCC(=O)NC2=O)cc1Cl. The zero-order valence-corrected chi connectivity index (χ0v) is 20.1. The van der Waals surface area contributed by atoms with Crippen molar-refractivity contribution in [3.63, 3.8) is 0 Å². The highest BCUT2D eigenvalue weighted by Crippen LogP contribution is 2.37. The van der Waals surface area contributed by atoms with E-state index in [1.807, 2.05) is 19.1 Å². The minimum Gasteiger partial charge on any atom is -0.406 e. The van der Waals surface area contributed by atoms with Gasteiger partial charge < -0.3 is 19.4 Å². The monoisotopic (exact) mass is 535 g/mol. The van der Waals surface area contributed by atoms with Gasteiger partial charge in [0.2, 0.25) is 17.7 Å². The second-order valence-electron chi connectivity index (χ2n) is 8.84. The van der Waals surface area contributed by atoms with Crippen molar-refractivity contribution in [1.29, 1.82) is 0 Å². The summed E-state index contributed by atoms with van der Waals surface area (Å²) >= 11 is 6.55. The topological polar surface area (TPSA) is 110 Å². The molecule has 0 spiro atoms. The van der Waals surface area contributed by atoms with Gasteiger partial charge in [0.1, 0.15) is 5.75 Å². The summed E-state index contributed by atoms with van der Waals surface area (Å²) in [6.45, 7) is 2.60. The van der Waals surface area contributed by atoms with Crippen molar-refractivity contribution >= 4 is 35.1 Å². The van der Waals surface area contributed by atoms with Crippen LogP contribution in [0.5, 0.6) is 5.75 Å². The number of hydrogen-bond donors (Lipinski definition) is 2. The lowest BCUT2D eigenvalue weighted by Crippen LogP contribution is -2.62. The maximum absolute atomic E-state index is 12.3. The van der Waals surface area contributed by atoms with Crippen molar-refractivity contribution in [3.05, 3.63) is 53.1 Å². The minimum absolute atomic E-state index is 0.0214. The summed E-state index contributed by atoms with van der Waals surface area (Å²) in [5.41, 5.74) is 2.02. The van der Waals surface area contributed by atoms with Crippen LogP contribution in [-0.4, -0.2) is 47.0 Å². The number of nitrogens with one attached hydrogen (secondary N) is 2. The third-order valence-corrected chi connectivity index (χ3v) is 6.76. The van der Waals surface area contributed by atoms with Crippen LogP contribution in [0.2, 0.25) is 5.02 Å². The highest BCUT2D eigenvalue weighted by molar-refractivity contribution is 6.33. The van der Waals surface area contributed by atoms with Gasteiger partial charge in [0.15, 0.2) is 0 Å². The predicted molar refractivity (Wildman–Crippen MR) is 127 cm³/mol. The molecule has 9 nitrogen and oxygen atoms in total. The molecule has 13 heteroatoms. The molecule has 194 valence electrons. The van der Waals surface area contributed by atoms with Crippen LogP contribution >= 0.6 is 11.6 Å². The Labute approximate surface area is 213 Å². The summed E-state index contributed by atoms with van der Waals surface area (Å²) in [6.07, 6.45) is -4.03. The predicted octanol–water partition coefficient (Wildman–Crippen LogP) is 4.50. The van der Waals surface area contributed by atoms with Gasteiger partial charge in [-0.3, -0.25) is 14.9 Å². The van der Waals surface area contributed by atoms with E-state index in [-0.39, 0.29) is 41.6 Å². The molecule has 0 saturated carbocycles. The van der Waals surface area contributed by atoms with Crippen LogP contribution in [0.3, 0.4) is 0 Å². The lowest BCUT2D eigenvalue weighted by Gasteiger charge is -2.48. The maximum Gasteiger partial charge on any atom is 0.573 e. The summed E-state index contributed by atoms with van der Waals surface area (Å²) in [7, 11) is 0. The number of carbonyl (C=O) groups is 2. The molecule has 3 aromatic rings. The molecule has 3 atom stereocenters. The highest BCUT2D eigenvalue weighted by Gasteiger charge is 2.38. The Morgan fingerprint density at radius 3 is 2.57 bits per heavy atom. The van der Waals surface area contributed by atoms with Crippen LogP contribution in [0, 0.1) is 0 Å². The molecule has 3 heterocycles. The Bertz CT molecular complexity index is 1330. The van der Waals surface area contributed by atoms with Gasteiger partial charge >= 0.3 is 12.4 Å². The molecule has 0 aliphatic carbocycles. The second kappa shape index (κ2) is 9.58. The summed E-state index contributed by atoms with van der Waals surface area (Å²) in [5.74, 6) is -1.18. The second-order valence-corrected chi connectivity index (χ2v) is 9.25. The summed E-state index contributed by atoms with van der Waals surface area (Å²) in [5, 5.41) is 14.0. The summed E-state index contributed by atoms with van der Waals surface area (Å²) in [6, 6.07) is 10.8. The molecular weight excluding hydrogens is 515 g/mol. The van der Waals surface area contributed by atoms with Crippen LogP contribution < -0.4 is 20.3 Å². The Balaban J connectivity index is 1.20. The molecule has 2 aliphatic rings. The third-order valence-electron chi connectivity index (χ3n) is 6.46. The molecule has 2 saturated heterocycles. The molecule has 2 aliphatic heterocycles. The number of amides is 2. The highest BCUT2D eigenvalue weighted by atomic mass is 35.5. The number of aromatic nitrogens is 2. The molecule has 2 fully saturated rings. The number of ether oxygens (including phenoxy) is 1. The molecule has 2 aromatic carbocycles. The normalized spacial score (nSPS) is 21.9. The minimum atomic E-state index is -4.77. The first-order valence-corrected chi connectivity index (χ1v) is 11.8. The van der Waals surface area contributed by atoms with Gasteiger partial charge in [-0.25, -0.2) is 0 Å². The number of nitrogens with zero attached hydrogens (tertiary/aromatic N) is 3. The third kappa shape index (κ3) is 5.33. The van der Waals surface area contributed by atoms with E-state index in [4.69, 9.17) is 16.0 Å². The molecule has 5 rings (SSSR count). The van der Waals surface area contributed by atoms with E-state index in [9.17, 15) is 22.8 Å². The quantitative estimate of drug-likeness (QED) is 0.444. The van der Waals surface area contributed by atoms with Crippen molar-refractivity contribution in [2.24, 2.45) is 0 Å². The van der Waals surface area contributed by atoms with Crippen LogP contribution in [0.15, 0.2) is 46.9 Å². The van der Waals surface area contributed by atoms with Crippen molar-refractivity contribution in [2.45, 2.75) is 44.1 Å². The average molecular weight is 536 g/mol. The van der Waals surface area contributed by atoms with Crippen molar-refractivity contribution in [1.82, 2.24) is 15.5 Å². The smallest absolute Gasteiger partial charge is 0.406 e. The van der Waals surface area contributed by atoms with Gasteiger partial charge in [-0.2, -0.15) is 0 Å². The van der Waals surface area contributed by atoms with Gasteiger partial charge in [0.05, 0.1) is 22.7 Å². The Hall–Kier alpha value is -3.80. The first-order chi connectivity index (χ1) is 17.6. The number of imide groups is 1. The summed E-state index contributed by atoms with van der Waals surface area (Å²) in [4.78, 5) is 25.7. The number of rotatable bonds is 6. The Kier molecular flexibility index (Phi) is 6.44. The maximum atomic E-state index is 12.3. The summed E-state index contributed by atoms with van der Waals surface area (Å²) < 4.78 is 46.5. The zero-order chi connectivity index (χ0) is 26.3. The number of piperidine rings is 1. The van der Waals surface area contributed by atoms with Crippen LogP contribution in [0.25, 0.3) is 11.5 Å². The molecule has 37 heavy (non-hydrogen) atoms. The van der Waals surface area contributed by atoms with E-state index >= 15 is 0 Å². The lowest BCUT2D eigenvalue weighted by atomic mass is 9.90. The standard InChI is InChI=1S/C24H21ClF3N5O4/c1-12-18(29-23-32-31-22(36-23)13-2-5-15(6-3-13)37-24(26,27)28)11-33(12)19-8-4-14(10-17(19)25)16-7-9-20(34)30-21(16)35/h2-6,8,10,12,16,18H,7,9,11H2,1H3,(H,29,32)(H,30,34,35)/t12-,16?,18+/m1/s1. The van der Waals surface area contributed by atoms with Crippen molar-refractivity contribution < 1.29 is 31.9 Å².